The van der Waals surface area contributed by atoms with Gasteiger partial charge in [0.25, 0.3) is 0 Å². The van der Waals surface area contributed by atoms with Gasteiger partial charge in [-0.2, -0.15) is 0 Å². The number of alkyl carbamates (subject to hydrolysis) is 1. The minimum absolute atomic E-state index is 0.0632. The highest BCUT2D eigenvalue weighted by Gasteiger charge is 2.39. The number of aromatic nitrogens is 2. The zero-order chi connectivity index (χ0) is 44.3. The fourth-order valence-corrected chi connectivity index (χ4v) is 6.35. The van der Waals surface area contributed by atoms with Crippen molar-refractivity contribution in [2.24, 2.45) is 5.41 Å². The van der Waals surface area contributed by atoms with E-state index in [1.807, 2.05) is 61.9 Å². The quantitative estimate of drug-likeness (QED) is 0.0640. The number of aliphatic hydroxyl groups excluding tert-OH is 1. The first-order chi connectivity index (χ1) is 28.4. The maximum atomic E-state index is 14.8. The Hall–Kier alpha value is -5.16. The lowest BCUT2D eigenvalue weighted by atomic mass is 9.84. The smallest absolute Gasteiger partial charge is 0.408 e. The highest BCUT2D eigenvalue weighted by atomic mass is 19.1. The van der Waals surface area contributed by atoms with Crippen LogP contribution < -0.4 is 10.6 Å². The molecule has 0 radical (unpaired) electrons. The third-order valence-corrected chi connectivity index (χ3v) is 8.96. The number of benzene rings is 2. The van der Waals surface area contributed by atoms with Gasteiger partial charge >= 0.3 is 12.1 Å². The van der Waals surface area contributed by atoms with Crippen LogP contribution in [-0.4, -0.2) is 120 Å². The summed E-state index contributed by atoms with van der Waals surface area (Å²) in [5.74, 6) is -2.06. The van der Waals surface area contributed by atoms with Gasteiger partial charge in [0, 0.05) is 31.4 Å². The largest absolute Gasteiger partial charge is 0.481 e. The van der Waals surface area contributed by atoms with E-state index in [1.54, 1.807) is 32.9 Å². The predicted molar refractivity (Wildman–Crippen MR) is 224 cm³/mol. The van der Waals surface area contributed by atoms with Gasteiger partial charge in [-0.1, -0.05) is 63.2 Å². The minimum Gasteiger partial charge on any atom is -0.481 e. The monoisotopic (exact) mass is 839 g/mol. The van der Waals surface area contributed by atoms with E-state index in [9.17, 15) is 28.7 Å². The zero-order valence-electron chi connectivity index (χ0n) is 35.7. The molecular formula is C44H62FN5O10. The van der Waals surface area contributed by atoms with Crippen LogP contribution in [0.3, 0.4) is 0 Å². The first-order valence-corrected chi connectivity index (χ1v) is 20.1. The number of imidazole rings is 1. The number of hydrogen-bond donors (Lipinski definition) is 4. The number of carbonyl (C=O) groups excluding carboxylic acids is 3. The van der Waals surface area contributed by atoms with Crippen molar-refractivity contribution in [3.8, 4) is 11.3 Å². The molecule has 2 aromatic carbocycles. The maximum Gasteiger partial charge on any atom is 0.408 e. The Morgan fingerprint density at radius 2 is 1.60 bits per heavy atom. The predicted octanol–water partition coefficient (Wildman–Crippen LogP) is 5.30. The van der Waals surface area contributed by atoms with E-state index < -0.39 is 59.4 Å². The topological polar surface area (TPSA) is 191 Å². The molecule has 0 aliphatic carbocycles. The number of allylic oxidation sites excluding steroid dienone is 1. The molecule has 1 aromatic heterocycles. The molecule has 0 aliphatic rings. The summed E-state index contributed by atoms with van der Waals surface area (Å²) in [6, 6.07) is 12.3. The van der Waals surface area contributed by atoms with Gasteiger partial charge in [-0.25, -0.2) is 14.2 Å². The Morgan fingerprint density at radius 3 is 2.20 bits per heavy atom. The number of amides is 3. The van der Waals surface area contributed by atoms with Gasteiger partial charge in [0.2, 0.25) is 11.8 Å². The van der Waals surface area contributed by atoms with Gasteiger partial charge < -0.3 is 49.3 Å². The Labute approximate surface area is 352 Å². The summed E-state index contributed by atoms with van der Waals surface area (Å²) >= 11 is 0. The average molecular weight is 840 g/mol. The highest BCUT2D eigenvalue weighted by molar-refractivity contribution is 5.86. The first kappa shape index (κ1) is 49.2. The van der Waals surface area contributed by atoms with E-state index in [0.717, 1.165) is 11.1 Å². The number of nitrogens with zero attached hydrogens (tertiary/aromatic N) is 3. The number of halogens is 1. The molecule has 0 aliphatic heterocycles. The molecule has 3 rings (SSSR count). The summed E-state index contributed by atoms with van der Waals surface area (Å²) in [6.07, 6.45) is 3.05. The summed E-state index contributed by atoms with van der Waals surface area (Å²) < 4.78 is 38.3. The van der Waals surface area contributed by atoms with Gasteiger partial charge in [-0.15, -0.1) is 6.58 Å². The van der Waals surface area contributed by atoms with E-state index >= 15 is 0 Å². The van der Waals surface area contributed by atoms with Crippen LogP contribution in [0.1, 0.15) is 77.4 Å². The van der Waals surface area contributed by atoms with E-state index in [1.165, 1.54) is 17.0 Å². The van der Waals surface area contributed by atoms with Crippen molar-refractivity contribution in [1.82, 2.24) is 25.1 Å². The second-order valence-electron chi connectivity index (χ2n) is 16.2. The highest BCUT2D eigenvalue weighted by Crippen LogP contribution is 2.40. The van der Waals surface area contributed by atoms with Gasteiger partial charge in [0.05, 0.1) is 57.8 Å². The molecule has 0 unspecified atom stereocenters. The van der Waals surface area contributed by atoms with Gasteiger partial charge in [0.1, 0.15) is 29.9 Å². The molecule has 3 amide bonds. The second-order valence-corrected chi connectivity index (χ2v) is 16.2. The van der Waals surface area contributed by atoms with Crippen LogP contribution >= 0.6 is 0 Å². The van der Waals surface area contributed by atoms with Crippen LogP contribution in [0.5, 0.6) is 0 Å². The number of ether oxygens (including phenoxy) is 4. The van der Waals surface area contributed by atoms with Crippen molar-refractivity contribution >= 4 is 23.9 Å². The van der Waals surface area contributed by atoms with Gasteiger partial charge in [-0.3, -0.25) is 14.4 Å². The third kappa shape index (κ3) is 16.8. The molecule has 1 heterocycles. The van der Waals surface area contributed by atoms with Crippen LogP contribution in [0.2, 0.25) is 0 Å². The molecule has 330 valence electrons. The standard InChI is InChI=1S/C44H62FN5O10/c1-8-12-32-15-16-33(45)27-34(32)36-29-49(28-31-13-10-9-11-14-31)40(47-36)39(43(2,3)4)50(37(52)30-51)20-17-35(48-42(56)60-44(5,6)7)41(55)46-19-22-58-24-26-59-25-23-57-21-18-38(53)54/h8-11,13-16,27,29,35,39,51H,1,12,17-26,28,30H2,2-7H3,(H,46,55)(H,48,56)(H,53,54)/t35-,39-/m0/s1. The molecule has 0 saturated carbocycles. The Kier molecular flexibility index (Phi) is 19.8. The van der Waals surface area contributed by atoms with E-state index in [-0.39, 0.29) is 65.6 Å². The van der Waals surface area contributed by atoms with Gasteiger partial charge in [0.15, 0.2) is 0 Å². The van der Waals surface area contributed by atoms with Crippen molar-refractivity contribution in [3.05, 3.63) is 90.2 Å². The molecule has 0 fully saturated rings. The third-order valence-electron chi connectivity index (χ3n) is 8.96. The number of aliphatic carboxylic acids is 1. The van der Waals surface area contributed by atoms with Crippen molar-refractivity contribution in [1.29, 1.82) is 0 Å². The molecule has 16 heteroatoms. The lowest BCUT2D eigenvalue weighted by Crippen LogP contribution is -2.51. The number of carbonyl (C=O) groups is 4. The Balaban J connectivity index is 1.88. The Morgan fingerprint density at radius 1 is 0.950 bits per heavy atom. The van der Waals surface area contributed by atoms with Crippen LogP contribution in [0.15, 0.2) is 67.4 Å². The molecule has 2 atom stereocenters. The fourth-order valence-electron chi connectivity index (χ4n) is 6.35. The Bertz CT molecular complexity index is 1840. The van der Waals surface area contributed by atoms with Crippen LogP contribution in [-0.2, 0) is 46.3 Å². The maximum absolute atomic E-state index is 14.8. The summed E-state index contributed by atoms with van der Waals surface area (Å²) in [6.45, 7) is 15.5. The van der Waals surface area contributed by atoms with Crippen molar-refractivity contribution in [2.45, 2.75) is 85.0 Å². The number of aliphatic hydroxyl groups is 1. The summed E-state index contributed by atoms with van der Waals surface area (Å²) in [5, 5.41) is 24.4. The van der Waals surface area contributed by atoms with Crippen LogP contribution in [0, 0.1) is 11.2 Å². The van der Waals surface area contributed by atoms with Crippen molar-refractivity contribution in [3.63, 3.8) is 0 Å². The van der Waals surface area contributed by atoms with Crippen LogP contribution in [0.4, 0.5) is 9.18 Å². The van der Waals surface area contributed by atoms with Crippen LogP contribution in [0.25, 0.3) is 11.3 Å². The van der Waals surface area contributed by atoms with E-state index in [2.05, 4.69) is 17.2 Å². The second kappa shape index (κ2) is 24.2. The van der Waals surface area contributed by atoms with Gasteiger partial charge in [-0.05, 0) is 62.3 Å². The molecule has 60 heavy (non-hydrogen) atoms. The number of carboxylic acids is 1. The van der Waals surface area contributed by atoms with E-state index in [4.69, 9.17) is 29.0 Å². The lowest BCUT2D eigenvalue weighted by Gasteiger charge is -2.40. The first-order valence-electron chi connectivity index (χ1n) is 20.1. The molecule has 4 N–H and O–H groups in total. The SMILES string of the molecule is C=CCc1ccc(F)cc1-c1cn(Cc2ccccc2)c([C@H](N(CC[C@H](NC(=O)OC(C)(C)C)C(=O)NCCOCCOCCOCCC(=O)O)C(=O)CO)C(C)(C)C)n1. The number of rotatable bonds is 25. The van der Waals surface area contributed by atoms with Crippen molar-refractivity contribution < 1.29 is 52.7 Å². The summed E-state index contributed by atoms with van der Waals surface area (Å²) in [4.78, 5) is 57.6. The molecular weight excluding hydrogens is 778 g/mol. The number of hydrogen-bond acceptors (Lipinski definition) is 10. The molecule has 15 nitrogen and oxygen atoms in total. The summed E-state index contributed by atoms with van der Waals surface area (Å²) in [5.41, 5.74) is 1.28. The van der Waals surface area contributed by atoms with E-state index in [0.29, 0.717) is 30.0 Å². The number of carboxylic acid groups (broad SMARTS) is 1. The fraction of sp³-hybridized carbons (Fsp3) is 0.523. The molecule has 0 spiro atoms. The van der Waals surface area contributed by atoms with Crippen molar-refractivity contribution in [2.75, 3.05) is 59.3 Å². The molecule has 0 bridgehead atoms. The molecule has 3 aromatic rings. The lowest BCUT2D eigenvalue weighted by molar-refractivity contribution is -0.140. The normalized spacial score (nSPS) is 12.7. The summed E-state index contributed by atoms with van der Waals surface area (Å²) in [7, 11) is 0. The number of nitrogens with one attached hydrogen (secondary N) is 2. The minimum atomic E-state index is -1.16. The average Bonchev–Trinajstić information content (AvgIpc) is 3.57. The zero-order valence-corrected chi connectivity index (χ0v) is 35.7. The molecule has 0 saturated heterocycles.